The molecule has 0 saturated carbocycles. The Morgan fingerprint density at radius 2 is 1.64 bits per heavy atom. The second-order valence-corrected chi connectivity index (χ2v) is 10.2. The van der Waals surface area contributed by atoms with Crippen LogP contribution in [0.25, 0.3) is 10.9 Å². The number of aryl methyl sites for hydroxylation is 2. The molecule has 204 valence electrons. The van der Waals surface area contributed by atoms with E-state index in [2.05, 4.69) is 10.6 Å². The van der Waals surface area contributed by atoms with Crippen molar-refractivity contribution in [1.29, 1.82) is 0 Å². The smallest absolute Gasteiger partial charge is 0.341 e. The van der Waals surface area contributed by atoms with Gasteiger partial charge in [0.15, 0.2) is 0 Å². The molecule has 0 radical (unpaired) electrons. The lowest BCUT2D eigenvalue weighted by atomic mass is 10.1. The molecular formula is C29H30ClN3O5S. The predicted molar refractivity (Wildman–Crippen MR) is 156 cm³/mol. The lowest BCUT2D eigenvalue weighted by Crippen LogP contribution is -2.19. The zero-order valence-corrected chi connectivity index (χ0v) is 24.0. The highest BCUT2D eigenvalue weighted by atomic mass is 35.5. The largest absolute Gasteiger partial charge is 0.494 e. The summed E-state index contributed by atoms with van der Waals surface area (Å²) in [6.07, 6.45) is 0. The summed E-state index contributed by atoms with van der Waals surface area (Å²) < 4.78 is 12.8. The first kappa shape index (κ1) is 28.2. The van der Waals surface area contributed by atoms with Crippen LogP contribution >= 0.6 is 22.9 Å². The number of carbonyl (C=O) groups is 3. The number of nitrogens with one attached hydrogen (secondary N) is 2. The number of hydrogen-bond acceptors (Lipinski definition) is 6. The van der Waals surface area contributed by atoms with Gasteiger partial charge in [-0.3, -0.25) is 9.59 Å². The number of fused-ring (bicyclic) bond motifs is 1. The SMILES string of the molecule is CCOC(=O)c1c(NC(=O)c2c(C)c3cc(OCC)ccc3n2CC)sc(C(=O)Nc2ccc(Cl)cc2)c1C. The average molecular weight is 568 g/mol. The van der Waals surface area contributed by atoms with E-state index in [1.54, 1.807) is 38.1 Å². The number of esters is 1. The maximum atomic E-state index is 13.7. The van der Waals surface area contributed by atoms with Gasteiger partial charge in [0.25, 0.3) is 11.8 Å². The number of nitrogens with zero attached hydrogens (tertiary/aromatic N) is 1. The molecule has 0 unspecified atom stereocenters. The predicted octanol–water partition coefficient (Wildman–Crippen LogP) is 7.07. The lowest BCUT2D eigenvalue weighted by Gasteiger charge is -2.10. The first-order chi connectivity index (χ1) is 18.7. The average Bonchev–Trinajstić information content (AvgIpc) is 3.38. The van der Waals surface area contributed by atoms with Crippen LogP contribution in [0.2, 0.25) is 5.02 Å². The van der Waals surface area contributed by atoms with Gasteiger partial charge >= 0.3 is 5.97 Å². The van der Waals surface area contributed by atoms with Crippen molar-refractivity contribution in [2.45, 2.75) is 41.2 Å². The van der Waals surface area contributed by atoms with Crippen LogP contribution in [-0.2, 0) is 11.3 Å². The number of thiophene rings is 1. The Morgan fingerprint density at radius 1 is 0.923 bits per heavy atom. The van der Waals surface area contributed by atoms with E-state index >= 15 is 0 Å². The molecule has 2 amide bonds. The minimum absolute atomic E-state index is 0.152. The summed E-state index contributed by atoms with van der Waals surface area (Å²) in [6.45, 7) is 10.4. The summed E-state index contributed by atoms with van der Waals surface area (Å²) in [5, 5.41) is 7.42. The zero-order valence-electron chi connectivity index (χ0n) is 22.4. The number of carbonyl (C=O) groups excluding carboxylic acids is 3. The van der Waals surface area contributed by atoms with Gasteiger partial charge in [-0.05, 0) is 88.2 Å². The second kappa shape index (κ2) is 11.9. The van der Waals surface area contributed by atoms with Crippen LogP contribution in [0.3, 0.4) is 0 Å². The van der Waals surface area contributed by atoms with Crippen molar-refractivity contribution >= 4 is 62.3 Å². The number of benzene rings is 2. The summed E-state index contributed by atoms with van der Waals surface area (Å²) in [4.78, 5) is 40.1. The molecule has 2 aromatic heterocycles. The van der Waals surface area contributed by atoms with Crippen molar-refractivity contribution < 1.29 is 23.9 Å². The van der Waals surface area contributed by atoms with Crippen LogP contribution in [-0.4, -0.2) is 35.6 Å². The number of rotatable bonds is 9. The number of hydrogen-bond donors (Lipinski definition) is 2. The van der Waals surface area contributed by atoms with Crippen molar-refractivity contribution in [1.82, 2.24) is 4.57 Å². The van der Waals surface area contributed by atoms with E-state index in [4.69, 9.17) is 21.1 Å². The van der Waals surface area contributed by atoms with Gasteiger partial charge in [-0.1, -0.05) is 11.6 Å². The quantitative estimate of drug-likeness (QED) is 0.211. The van der Waals surface area contributed by atoms with Crippen LogP contribution in [0.1, 0.15) is 62.4 Å². The molecule has 0 spiro atoms. The van der Waals surface area contributed by atoms with Crippen LogP contribution in [0.4, 0.5) is 10.7 Å². The molecule has 8 nitrogen and oxygen atoms in total. The van der Waals surface area contributed by atoms with Crippen LogP contribution in [0.5, 0.6) is 5.75 Å². The fourth-order valence-electron chi connectivity index (χ4n) is 4.53. The van der Waals surface area contributed by atoms with Gasteiger partial charge in [0.1, 0.15) is 16.4 Å². The molecule has 2 N–H and O–H groups in total. The molecule has 39 heavy (non-hydrogen) atoms. The number of anilines is 2. The summed E-state index contributed by atoms with van der Waals surface area (Å²) >= 11 is 6.98. The van der Waals surface area contributed by atoms with E-state index in [1.165, 1.54) is 0 Å². The van der Waals surface area contributed by atoms with Crippen LogP contribution < -0.4 is 15.4 Å². The molecular weight excluding hydrogens is 538 g/mol. The molecule has 4 rings (SSSR count). The normalized spacial score (nSPS) is 10.9. The van der Waals surface area contributed by atoms with Gasteiger partial charge in [-0.15, -0.1) is 11.3 Å². The Bertz CT molecular complexity index is 1560. The van der Waals surface area contributed by atoms with Gasteiger partial charge in [-0.25, -0.2) is 4.79 Å². The maximum absolute atomic E-state index is 13.7. The number of aromatic nitrogens is 1. The Kier molecular flexibility index (Phi) is 8.62. The molecule has 2 heterocycles. The summed E-state index contributed by atoms with van der Waals surface area (Å²) in [5.41, 5.74) is 3.29. The molecule has 0 aliphatic heterocycles. The topological polar surface area (TPSA) is 98.7 Å². The minimum atomic E-state index is -0.610. The third-order valence-corrected chi connectivity index (χ3v) is 7.75. The summed E-state index contributed by atoms with van der Waals surface area (Å²) in [7, 11) is 0. The van der Waals surface area contributed by atoms with Gasteiger partial charge in [0.2, 0.25) is 0 Å². The Hall–Kier alpha value is -3.82. The zero-order chi connectivity index (χ0) is 28.3. The fourth-order valence-corrected chi connectivity index (χ4v) is 5.74. The number of amides is 2. The third-order valence-electron chi connectivity index (χ3n) is 6.29. The number of halogens is 1. The first-order valence-electron chi connectivity index (χ1n) is 12.6. The highest BCUT2D eigenvalue weighted by molar-refractivity contribution is 7.19. The highest BCUT2D eigenvalue weighted by Gasteiger charge is 2.28. The van der Waals surface area contributed by atoms with Crippen LogP contribution in [0.15, 0.2) is 42.5 Å². The molecule has 0 atom stereocenters. The number of ether oxygens (including phenoxy) is 2. The molecule has 0 aliphatic rings. The minimum Gasteiger partial charge on any atom is -0.494 e. The fraction of sp³-hybridized carbons (Fsp3) is 0.276. The highest BCUT2D eigenvalue weighted by Crippen LogP contribution is 2.36. The van der Waals surface area contributed by atoms with Crippen molar-refractivity contribution in [3.8, 4) is 5.75 Å². The summed E-state index contributed by atoms with van der Waals surface area (Å²) in [5.74, 6) is -0.683. The Labute approximate surface area is 235 Å². The summed E-state index contributed by atoms with van der Waals surface area (Å²) in [6, 6.07) is 12.4. The van der Waals surface area contributed by atoms with E-state index < -0.39 is 11.9 Å². The first-order valence-corrected chi connectivity index (χ1v) is 13.8. The van der Waals surface area contributed by atoms with Crippen molar-refractivity contribution in [3.63, 3.8) is 0 Å². The maximum Gasteiger partial charge on any atom is 0.341 e. The van der Waals surface area contributed by atoms with E-state index in [1.807, 2.05) is 43.5 Å². The molecule has 0 aliphatic carbocycles. The van der Waals surface area contributed by atoms with Gasteiger partial charge in [0.05, 0.1) is 23.7 Å². The van der Waals surface area contributed by atoms with E-state index in [0.717, 1.165) is 33.6 Å². The molecule has 0 fully saturated rings. The Morgan fingerprint density at radius 3 is 2.28 bits per heavy atom. The molecule has 4 aromatic rings. The standard InChI is InChI=1S/C29H30ClN3O5S/c1-6-33-22-14-13-20(37-7-2)15-21(22)16(4)24(33)26(34)32-28-23(29(36)38-8-3)17(5)25(39-28)27(35)31-19-11-9-18(30)10-12-19/h9-15H,6-8H2,1-5H3,(H,31,35)(H,32,34). The van der Waals surface area contributed by atoms with Crippen molar-refractivity contribution in [2.75, 3.05) is 23.8 Å². The van der Waals surface area contributed by atoms with E-state index in [9.17, 15) is 14.4 Å². The Balaban J connectivity index is 1.73. The second-order valence-electron chi connectivity index (χ2n) is 8.73. The van der Waals surface area contributed by atoms with Gasteiger partial charge < -0.3 is 24.7 Å². The van der Waals surface area contributed by atoms with Crippen molar-refractivity contribution in [3.05, 3.63) is 74.7 Å². The molecule has 10 heteroatoms. The van der Waals surface area contributed by atoms with Crippen LogP contribution in [0, 0.1) is 13.8 Å². The third kappa shape index (κ3) is 5.65. The van der Waals surface area contributed by atoms with Gasteiger partial charge in [-0.2, -0.15) is 0 Å². The van der Waals surface area contributed by atoms with E-state index in [-0.39, 0.29) is 28.0 Å². The lowest BCUT2D eigenvalue weighted by molar-refractivity contribution is 0.0527. The van der Waals surface area contributed by atoms with Crippen molar-refractivity contribution in [2.24, 2.45) is 0 Å². The molecule has 0 saturated heterocycles. The monoisotopic (exact) mass is 567 g/mol. The van der Waals surface area contributed by atoms with E-state index in [0.29, 0.717) is 35.1 Å². The van der Waals surface area contributed by atoms with Gasteiger partial charge in [0, 0.05) is 28.2 Å². The molecule has 0 bridgehead atoms. The molecule has 2 aromatic carbocycles.